The van der Waals surface area contributed by atoms with Gasteiger partial charge in [-0.1, -0.05) is 18.2 Å². The molecule has 0 radical (unpaired) electrons. The van der Waals surface area contributed by atoms with Gasteiger partial charge >= 0.3 is 0 Å². The average Bonchev–Trinajstić information content (AvgIpc) is 2.37. The van der Waals surface area contributed by atoms with E-state index in [-0.39, 0.29) is 5.91 Å². The molecular weight excluding hydrogens is 246 g/mol. The first-order valence-corrected chi connectivity index (χ1v) is 7.13. The number of anilines is 1. The number of para-hydroxylation sites is 2. The molecule has 1 N–H and O–H groups in total. The van der Waals surface area contributed by atoms with Gasteiger partial charge in [-0.15, -0.1) is 6.58 Å². The van der Waals surface area contributed by atoms with Crippen LogP contribution >= 0.6 is 11.8 Å². The van der Waals surface area contributed by atoms with Gasteiger partial charge in [0.15, 0.2) is 0 Å². The predicted octanol–water partition coefficient (Wildman–Crippen LogP) is 3.33. The maximum Gasteiger partial charge on any atom is 0.234 e. The molecule has 0 unspecified atom stereocenters. The van der Waals surface area contributed by atoms with E-state index < -0.39 is 0 Å². The van der Waals surface area contributed by atoms with Crippen LogP contribution in [-0.2, 0) is 4.79 Å². The number of hydrogen-bond acceptors (Lipinski definition) is 3. The summed E-state index contributed by atoms with van der Waals surface area (Å²) in [6, 6.07) is 7.46. The number of carbonyl (C=O) groups excluding carboxylic acids is 1. The minimum absolute atomic E-state index is 0.00350. The third-order valence-corrected chi connectivity index (χ3v) is 3.15. The van der Waals surface area contributed by atoms with Gasteiger partial charge in [-0.2, -0.15) is 11.8 Å². The van der Waals surface area contributed by atoms with E-state index in [9.17, 15) is 4.79 Å². The van der Waals surface area contributed by atoms with Gasteiger partial charge in [0.05, 0.1) is 18.0 Å². The second-order valence-electron chi connectivity index (χ2n) is 3.61. The van der Waals surface area contributed by atoms with Crippen molar-refractivity contribution in [3.8, 4) is 5.75 Å². The zero-order valence-corrected chi connectivity index (χ0v) is 11.5. The molecule has 18 heavy (non-hydrogen) atoms. The van der Waals surface area contributed by atoms with Gasteiger partial charge in [-0.05, 0) is 31.2 Å². The Hall–Kier alpha value is -1.42. The molecule has 0 aliphatic rings. The van der Waals surface area contributed by atoms with E-state index in [1.807, 2.05) is 37.3 Å². The Labute approximate surface area is 113 Å². The van der Waals surface area contributed by atoms with Crippen molar-refractivity contribution >= 4 is 23.4 Å². The van der Waals surface area contributed by atoms with E-state index in [0.717, 1.165) is 17.9 Å². The van der Waals surface area contributed by atoms with Crippen molar-refractivity contribution in [2.75, 3.05) is 23.4 Å². The average molecular weight is 265 g/mol. The molecule has 0 saturated heterocycles. The van der Waals surface area contributed by atoms with E-state index in [1.54, 1.807) is 11.8 Å². The Kier molecular flexibility index (Phi) is 7.03. The summed E-state index contributed by atoms with van der Waals surface area (Å²) in [4.78, 5) is 11.7. The van der Waals surface area contributed by atoms with Crippen LogP contribution < -0.4 is 10.1 Å². The molecule has 1 rings (SSSR count). The SMILES string of the molecule is C=CCCSCC(=O)Nc1ccccc1OCC. The Bertz CT molecular complexity index is 393. The summed E-state index contributed by atoms with van der Waals surface area (Å²) in [5.41, 5.74) is 0.730. The van der Waals surface area contributed by atoms with Crippen LogP contribution in [0, 0.1) is 0 Å². The van der Waals surface area contributed by atoms with Gasteiger partial charge in [0.25, 0.3) is 0 Å². The summed E-state index contributed by atoms with van der Waals surface area (Å²) >= 11 is 1.60. The molecule has 0 aliphatic heterocycles. The standard InChI is InChI=1S/C14H19NO2S/c1-3-5-10-18-11-14(16)15-12-8-6-7-9-13(12)17-4-2/h3,6-9H,1,4-5,10-11H2,2H3,(H,15,16). The first kappa shape index (κ1) is 14.6. The number of carbonyl (C=O) groups is 1. The van der Waals surface area contributed by atoms with E-state index >= 15 is 0 Å². The van der Waals surface area contributed by atoms with E-state index in [0.29, 0.717) is 18.1 Å². The molecule has 0 atom stereocenters. The van der Waals surface area contributed by atoms with Crippen LogP contribution in [0.15, 0.2) is 36.9 Å². The molecule has 0 fully saturated rings. The smallest absolute Gasteiger partial charge is 0.234 e. The molecule has 98 valence electrons. The van der Waals surface area contributed by atoms with E-state index in [4.69, 9.17) is 4.74 Å². The number of allylic oxidation sites excluding steroid dienone is 1. The number of amides is 1. The quantitative estimate of drug-likeness (QED) is 0.579. The summed E-state index contributed by atoms with van der Waals surface area (Å²) in [5, 5.41) is 2.86. The van der Waals surface area contributed by atoms with Gasteiger partial charge < -0.3 is 10.1 Å². The number of hydrogen-bond donors (Lipinski definition) is 1. The van der Waals surface area contributed by atoms with Crippen molar-refractivity contribution in [3.63, 3.8) is 0 Å². The van der Waals surface area contributed by atoms with Crippen molar-refractivity contribution in [1.29, 1.82) is 0 Å². The number of thioether (sulfide) groups is 1. The summed E-state index contributed by atoms with van der Waals surface area (Å²) in [6.45, 7) is 6.15. The highest BCUT2D eigenvalue weighted by Gasteiger charge is 2.06. The molecule has 3 nitrogen and oxygen atoms in total. The molecule has 1 aromatic carbocycles. The van der Waals surface area contributed by atoms with Gasteiger partial charge in [0.2, 0.25) is 5.91 Å². The van der Waals surface area contributed by atoms with Crippen molar-refractivity contribution in [2.45, 2.75) is 13.3 Å². The highest BCUT2D eigenvalue weighted by atomic mass is 32.2. The number of benzene rings is 1. The summed E-state index contributed by atoms with van der Waals surface area (Å²) in [6.07, 6.45) is 2.78. The molecule has 4 heteroatoms. The largest absolute Gasteiger partial charge is 0.492 e. The molecular formula is C14H19NO2S. The molecule has 1 amide bonds. The Morgan fingerprint density at radius 1 is 1.50 bits per heavy atom. The fraction of sp³-hybridized carbons (Fsp3) is 0.357. The van der Waals surface area contributed by atoms with Crippen molar-refractivity contribution in [3.05, 3.63) is 36.9 Å². The van der Waals surface area contributed by atoms with E-state index in [2.05, 4.69) is 11.9 Å². The summed E-state index contributed by atoms with van der Waals surface area (Å²) < 4.78 is 5.45. The van der Waals surface area contributed by atoms with Gasteiger partial charge in [-0.3, -0.25) is 4.79 Å². The van der Waals surface area contributed by atoms with Crippen LogP contribution in [0.25, 0.3) is 0 Å². The summed E-state index contributed by atoms with van der Waals surface area (Å²) in [5.74, 6) is 2.08. The number of nitrogens with one attached hydrogen (secondary N) is 1. The van der Waals surface area contributed by atoms with Gasteiger partial charge in [-0.25, -0.2) is 0 Å². The predicted molar refractivity (Wildman–Crippen MR) is 78.4 cm³/mol. The molecule has 0 bridgehead atoms. The molecule has 0 aromatic heterocycles. The maximum absolute atomic E-state index is 11.7. The second-order valence-corrected chi connectivity index (χ2v) is 4.71. The summed E-state index contributed by atoms with van der Waals surface area (Å²) in [7, 11) is 0. The monoisotopic (exact) mass is 265 g/mol. The Morgan fingerprint density at radius 2 is 2.28 bits per heavy atom. The normalized spacial score (nSPS) is 9.83. The Balaban J connectivity index is 2.45. The van der Waals surface area contributed by atoms with Crippen molar-refractivity contribution < 1.29 is 9.53 Å². The third kappa shape index (κ3) is 5.27. The maximum atomic E-state index is 11.7. The minimum Gasteiger partial charge on any atom is -0.492 e. The van der Waals surface area contributed by atoms with Crippen LogP contribution in [0.5, 0.6) is 5.75 Å². The van der Waals surface area contributed by atoms with E-state index in [1.165, 1.54) is 0 Å². The Morgan fingerprint density at radius 3 is 3.00 bits per heavy atom. The van der Waals surface area contributed by atoms with Crippen LogP contribution in [0.2, 0.25) is 0 Å². The van der Waals surface area contributed by atoms with Crippen LogP contribution in [-0.4, -0.2) is 24.0 Å². The molecule has 0 saturated carbocycles. The third-order valence-electron chi connectivity index (χ3n) is 2.16. The number of rotatable bonds is 8. The fourth-order valence-electron chi connectivity index (χ4n) is 1.37. The van der Waals surface area contributed by atoms with Crippen molar-refractivity contribution in [2.24, 2.45) is 0 Å². The molecule has 0 aliphatic carbocycles. The van der Waals surface area contributed by atoms with Crippen LogP contribution in [0.4, 0.5) is 5.69 Å². The fourth-order valence-corrected chi connectivity index (χ4v) is 2.10. The van der Waals surface area contributed by atoms with Crippen LogP contribution in [0.1, 0.15) is 13.3 Å². The zero-order valence-electron chi connectivity index (χ0n) is 10.6. The molecule has 1 aromatic rings. The lowest BCUT2D eigenvalue weighted by atomic mass is 10.3. The van der Waals surface area contributed by atoms with Crippen molar-refractivity contribution in [1.82, 2.24) is 0 Å². The highest BCUT2D eigenvalue weighted by Crippen LogP contribution is 2.23. The number of ether oxygens (including phenoxy) is 1. The lowest BCUT2D eigenvalue weighted by Gasteiger charge is -2.10. The highest BCUT2D eigenvalue weighted by molar-refractivity contribution is 7.99. The topological polar surface area (TPSA) is 38.3 Å². The first-order valence-electron chi connectivity index (χ1n) is 5.98. The second kappa shape index (κ2) is 8.64. The van der Waals surface area contributed by atoms with Gasteiger partial charge in [0.1, 0.15) is 5.75 Å². The van der Waals surface area contributed by atoms with Crippen LogP contribution in [0.3, 0.4) is 0 Å². The molecule has 0 heterocycles. The van der Waals surface area contributed by atoms with Gasteiger partial charge in [0, 0.05) is 0 Å². The lowest BCUT2D eigenvalue weighted by Crippen LogP contribution is -2.15. The molecule has 0 spiro atoms. The lowest BCUT2D eigenvalue weighted by molar-refractivity contribution is -0.113. The first-order chi connectivity index (χ1) is 8.77. The minimum atomic E-state index is -0.00350. The zero-order chi connectivity index (χ0) is 13.2.